The summed E-state index contributed by atoms with van der Waals surface area (Å²) in [6.45, 7) is 1.28. The van der Waals surface area contributed by atoms with Gasteiger partial charge in [-0.05, 0) is 18.2 Å². The average molecular weight is 421 g/mol. The summed E-state index contributed by atoms with van der Waals surface area (Å²) in [5, 5.41) is 13.8. The molecule has 0 unspecified atom stereocenters. The van der Waals surface area contributed by atoms with E-state index in [0.29, 0.717) is 0 Å². The lowest BCUT2D eigenvalue weighted by atomic mass is 10.2. The summed E-state index contributed by atoms with van der Waals surface area (Å²) < 4.78 is 56.3. The summed E-state index contributed by atoms with van der Waals surface area (Å²) in [7, 11) is -3.73. The van der Waals surface area contributed by atoms with Crippen molar-refractivity contribution in [3.05, 3.63) is 18.2 Å². The van der Waals surface area contributed by atoms with Gasteiger partial charge in [0.05, 0.1) is 30.8 Å². The van der Waals surface area contributed by atoms with Gasteiger partial charge in [-0.25, -0.2) is 21.8 Å². The van der Waals surface area contributed by atoms with E-state index >= 15 is 0 Å². The highest BCUT2D eigenvalue weighted by atomic mass is 32.2. The normalized spacial score (nSPS) is 22.2. The van der Waals surface area contributed by atoms with Gasteiger partial charge in [-0.3, -0.25) is 4.79 Å². The fourth-order valence-corrected chi connectivity index (χ4v) is 6.71. The van der Waals surface area contributed by atoms with Crippen molar-refractivity contribution in [1.29, 1.82) is 0 Å². The highest BCUT2D eigenvalue weighted by Crippen LogP contribution is 2.33. The molecule has 1 aliphatic rings. The van der Waals surface area contributed by atoms with Crippen LogP contribution in [-0.2, 0) is 24.7 Å². The third-order valence-electron chi connectivity index (χ3n) is 3.98. The first-order valence-corrected chi connectivity index (χ1v) is 11.2. The van der Waals surface area contributed by atoms with Gasteiger partial charge in [0.25, 0.3) is 10.0 Å². The molecule has 27 heavy (non-hydrogen) atoms. The monoisotopic (exact) mass is 421 g/mol. The van der Waals surface area contributed by atoms with E-state index in [9.17, 15) is 26.7 Å². The molecule has 0 saturated carbocycles. The van der Waals surface area contributed by atoms with Crippen molar-refractivity contribution in [3.8, 4) is 5.75 Å². The van der Waals surface area contributed by atoms with Crippen LogP contribution in [-0.4, -0.2) is 82.1 Å². The second-order valence-electron chi connectivity index (χ2n) is 6.38. The molecule has 2 rings (SSSR count). The van der Waals surface area contributed by atoms with E-state index in [1.54, 1.807) is 0 Å². The number of anilines is 1. The minimum absolute atomic E-state index is 0.0197. The number of sulfone groups is 1. The van der Waals surface area contributed by atoms with E-state index in [-0.39, 0.29) is 22.2 Å². The van der Waals surface area contributed by atoms with Crippen molar-refractivity contribution < 1.29 is 31.5 Å². The van der Waals surface area contributed by atoms with Crippen LogP contribution in [0.5, 0.6) is 5.75 Å². The van der Waals surface area contributed by atoms with Crippen LogP contribution in [0.2, 0.25) is 0 Å². The molecule has 0 bridgehead atoms. The molecule has 1 aromatic rings. The Morgan fingerprint density at radius 1 is 1.30 bits per heavy atom. The van der Waals surface area contributed by atoms with E-state index < -0.39 is 43.5 Å². The van der Waals surface area contributed by atoms with Crippen molar-refractivity contribution in [1.82, 2.24) is 9.42 Å². The van der Waals surface area contributed by atoms with Crippen LogP contribution in [0.25, 0.3) is 0 Å². The second-order valence-corrected chi connectivity index (χ2v) is 10.3. The molecular formula is C15H23N3O7S2. The lowest BCUT2D eigenvalue weighted by Crippen LogP contribution is -2.53. The van der Waals surface area contributed by atoms with Crippen molar-refractivity contribution in [2.24, 2.45) is 0 Å². The third-order valence-corrected chi connectivity index (χ3v) is 7.64. The van der Waals surface area contributed by atoms with E-state index in [1.807, 2.05) is 0 Å². The van der Waals surface area contributed by atoms with E-state index in [4.69, 9.17) is 4.74 Å². The Balaban J connectivity index is 2.58. The van der Waals surface area contributed by atoms with Gasteiger partial charge in [-0.2, -0.15) is 0 Å². The lowest BCUT2D eigenvalue weighted by Gasteiger charge is -2.34. The van der Waals surface area contributed by atoms with Crippen LogP contribution in [0.3, 0.4) is 0 Å². The predicted octanol–water partition coefficient (Wildman–Crippen LogP) is -0.721. The highest BCUT2D eigenvalue weighted by molar-refractivity contribution is 7.92. The minimum Gasteiger partial charge on any atom is -0.495 e. The number of nitrogens with one attached hydrogen (secondary N) is 1. The molecule has 152 valence electrons. The average Bonchev–Trinajstić information content (AvgIpc) is 2.78. The number of amides is 1. The Bertz CT molecular complexity index is 929. The maximum atomic E-state index is 13.3. The smallest absolute Gasteiger partial charge is 0.260 e. The zero-order chi connectivity index (χ0) is 20.6. The highest BCUT2D eigenvalue weighted by Gasteiger charge is 2.46. The molecule has 1 aliphatic heterocycles. The van der Waals surface area contributed by atoms with E-state index in [2.05, 4.69) is 5.32 Å². The van der Waals surface area contributed by atoms with Gasteiger partial charge >= 0.3 is 0 Å². The Morgan fingerprint density at radius 3 is 2.37 bits per heavy atom. The van der Waals surface area contributed by atoms with Gasteiger partial charge in [0.1, 0.15) is 10.6 Å². The summed E-state index contributed by atoms with van der Waals surface area (Å²) in [5.41, 5.74) is 0.236. The summed E-state index contributed by atoms with van der Waals surface area (Å²) in [4.78, 5) is 11.0. The first-order valence-electron chi connectivity index (χ1n) is 7.95. The molecule has 0 spiro atoms. The molecule has 1 heterocycles. The molecule has 2 atom stereocenters. The number of ether oxygens (including phenoxy) is 1. The summed E-state index contributed by atoms with van der Waals surface area (Å²) in [5.74, 6) is -1.38. The fourth-order valence-electron chi connectivity index (χ4n) is 2.97. The number of aliphatic hydroxyl groups excluding tert-OH is 1. The predicted molar refractivity (Wildman–Crippen MR) is 98.5 cm³/mol. The van der Waals surface area contributed by atoms with Crippen LogP contribution in [0.15, 0.2) is 23.1 Å². The number of sulfonamides is 1. The Hall–Kier alpha value is -1.73. The molecule has 1 aromatic carbocycles. The maximum absolute atomic E-state index is 13.3. The van der Waals surface area contributed by atoms with Gasteiger partial charge in [-0.1, -0.05) is 0 Å². The molecule has 1 fully saturated rings. The lowest BCUT2D eigenvalue weighted by molar-refractivity contribution is -0.114. The van der Waals surface area contributed by atoms with Gasteiger partial charge in [-0.15, -0.1) is 4.41 Å². The van der Waals surface area contributed by atoms with Crippen molar-refractivity contribution in [2.75, 3.05) is 38.0 Å². The number of hydrogen-bond donors (Lipinski definition) is 2. The summed E-state index contributed by atoms with van der Waals surface area (Å²) in [6.07, 6.45) is -1.36. The van der Waals surface area contributed by atoms with Crippen LogP contribution >= 0.6 is 0 Å². The number of rotatable bonds is 6. The maximum Gasteiger partial charge on any atom is 0.260 e. The molecule has 0 aromatic heterocycles. The van der Waals surface area contributed by atoms with Gasteiger partial charge < -0.3 is 15.2 Å². The number of nitrogens with zero attached hydrogens (tertiary/aromatic N) is 2. The number of methoxy groups -OCH3 is 1. The van der Waals surface area contributed by atoms with Crippen LogP contribution in [0.4, 0.5) is 5.69 Å². The molecule has 1 amide bonds. The quantitative estimate of drug-likeness (QED) is 0.575. The molecule has 0 radical (unpaired) electrons. The van der Waals surface area contributed by atoms with E-state index in [1.165, 1.54) is 51.3 Å². The number of carbonyl (C=O) groups is 1. The molecule has 10 nitrogen and oxygen atoms in total. The molecule has 2 N–H and O–H groups in total. The zero-order valence-electron chi connectivity index (χ0n) is 15.4. The SMILES string of the molecule is COc1ccc(NC(C)=O)cc1S(=O)(=O)N([C@@H]1CS(=O)(=O)C[C@@H]1O)N(C)C. The van der Waals surface area contributed by atoms with Crippen molar-refractivity contribution in [2.45, 2.75) is 24.0 Å². The molecule has 0 aliphatic carbocycles. The van der Waals surface area contributed by atoms with Crippen LogP contribution in [0, 0.1) is 0 Å². The zero-order valence-corrected chi connectivity index (χ0v) is 17.0. The Labute approximate surface area is 158 Å². The number of carbonyl (C=O) groups excluding carboxylic acids is 1. The van der Waals surface area contributed by atoms with Crippen molar-refractivity contribution in [3.63, 3.8) is 0 Å². The Kier molecular flexibility index (Phi) is 6.16. The second kappa shape index (κ2) is 7.72. The standard InChI is InChI=1S/C15H23N3O7S2/c1-10(19)16-11-5-6-14(25-4)15(7-11)27(23,24)18(17(2)3)12-8-26(21,22)9-13(12)20/h5-7,12-13,20H,8-9H2,1-4H3,(H,16,19)/t12-,13+/m1/s1. The first-order chi connectivity index (χ1) is 12.4. The fraction of sp³-hybridized carbons (Fsp3) is 0.533. The summed E-state index contributed by atoms with van der Waals surface area (Å²) >= 11 is 0. The third kappa shape index (κ3) is 4.58. The molecular weight excluding hydrogens is 398 g/mol. The largest absolute Gasteiger partial charge is 0.495 e. The molecule has 1 saturated heterocycles. The van der Waals surface area contributed by atoms with Gasteiger partial charge in [0, 0.05) is 26.7 Å². The van der Waals surface area contributed by atoms with E-state index in [0.717, 1.165) is 4.41 Å². The topological polar surface area (TPSA) is 133 Å². The number of aliphatic hydroxyl groups is 1. The number of benzene rings is 1. The van der Waals surface area contributed by atoms with Crippen LogP contribution < -0.4 is 10.1 Å². The van der Waals surface area contributed by atoms with Crippen molar-refractivity contribution >= 4 is 31.5 Å². The number of hydrazine groups is 1. The number of hydrogen-bond acceptors (Lipinski definition) is 8. The summed E-state index contributed by atoms with van der Waals surface area (Å²) in [6, 6.07) is 2.91. The minimum atomic E-state index is -4.31. The first kappa shape index (κ1) is 21.6. The Morgan fingerprint density at radius 2 is 1.93 bits per heavy atom. The van der Waals surface area contributed by atoms with Gasteiger partial charge in [0.15, 0.2) is 9.84 Å². The van der Waals surface area contributed by atoms with Gasteiger partial charge in [0.2, 0.25) is 5.91 Å². The van der Waals surface area contributed by atoms with Crippen LogP contribution in [0.1, 0.15) is 6.92 Å². The molecule has 12 heteroatoms.